The van der Waals surface area contributed by atoms with Crippen LogP contribution >= 0.6 is 0 Å². The highest BCUT2D eigenvalue weighted by Gasteiger charge is 2.11. The van der Waals surface area contributed by atoms with E-state index in [2.05, 4.69) is 38.2 Å². The topological polar surface area (TPSA) is 41.5 Å². The summed E-state index contributed by atoms with van der Waals surface area (Å²) in [5, 5.41) is 4.19. The lowest BCUT2D eigenvalue weighted by atomic mass is 9.98. The zero-order valence-electron chi connectivity index (χ0n) is 10.8. The van der Waals surface area contributed by atoms with Crippen molar-refractivity contribution in [2.75, 3.05) is 0 Å². The van der Waals surface area contributed by atoms with E-state index in [1.807, 2.05) is 13.8 Å². The largest absolute Gasteiger partial charge is 0.273 e. The van der Waals surface area contributed by atoms with E-state index in [-0.39, 0.29) is 5.91 Å². The van der Waals surface area contributed by atoms with E-state index in [0.717, 1.165) is 5.71 Å². The van der Waals surface area contributed by atoms with Crippen molar-refractivity contribution in [3.8, 4) is 0 Å². The van der Waals surface area contributed by atoms with Crippen LogP contribution in [0, 0.1) is 17.8 Å². The van der Waals surface area contributed by atoms with E-state index in [1.54, 1.807) is 0 Å². The third-order valence-electron chi connectivity index (χ3n) is 2.09. The normalized spacial score (nSPS) is 11.0. The van der Waals surface area contributed by atoms with Crippen LogP contribution in [0.1, 0.15) is 48.0 Å². The van der Waals surface area contributed by atoms with Crippen LogP contribution in [0.25, 0.3) is 0 Å². The van der Waals surface area contributed by atoms with Crippen molar-refractivity contribution in [3.63, 3.8) is 0 Å². The van der Waals surface area contributed by atoms with E-state index in [9.17, 15) is 4.79 Å². The SMILES string of the molecule is CC(C)CC(=O)NN=C(C(C)C)C(C)C. The summed E-state index contributed by atoms with van der Waals surface area (Å²) in [5.74, 6) is 1.14. The molecule has 0 saturated heterocycles. The highest BCUT2D eigenvalue weighted by atomic mass is 16.2. The number of hydrazone groups is 1. The number of amides is 1. The Balaban J connectivity index is 4.28. The lowest BCUT2D eigenvalue weighted by Gasteiger charge is -2.13. The van der Waals surface area contributed by atoms with Crippen LogP contribution in [0.3, 0.4) is 0 Å². The van der Waals surface area contributed by atoms with Gasteiger partial charge in [-0.25, -0.2) is 5.43 Å². The van der Waals surface area contributed by atoms with Gasteiger partial charge in [-0.1, -0.05) is 41.5 Å². The van der Waals surface area contributed by atoms with Crippen LogP contribution in [0.15, 0.2) is 5.10 Å². The molecular formula is C12H24N2O. The maximum absolute atomic E-state index is 11.4. The second kappa shape index (κ2) is 6.59. The Morgan fingerprint density at radius 3 is 1.87 bits per heavy atom. The van der Waals surface area contributed by atoms with Crippen LogP contribution in [-0.2, 0) is 4.79 Å². The molecular weight excluding hydrogens is 188 g/mol. The fourth-order valence-corrected chi connectivity index (χ4v) is 1.47. The molecule has 0 heterocycles. The predicted octanol–water partition coefficient (Wildman–Crippen LogP) is 2.82. The first kappa shape index (κ1) is 14.1. The molecule has 88 valence electrons. The van der Waals surface area contributed by atoms with Crippen molar-refractivity contribution in [1.82, 2.24) is 5.43 Å². The van der Waals surface area contributed by atoms with E-state index < -0.39 is 0 Å². The number of carbonyl (C=O) groups excluding carboxylic acids is 1. The number of rotatable bonds is 5. The van der Waals surface area contributed by atoms with Gasteiger partial charge in [0.05, 0.1) is 0 Å². The number of hydrogen-bond donors (Lipinski definition) is 1. The number of nitrogens with zero attached hydrogens (tertiary/aromatic N) is 1. The maximum atomic E-state index is 11.4. The summed E-state index contributed by atoms with van der Waals surface area (Å²) in [6.07, 6.45) is 0.535. The zero-order valence-corrected chi connectivity index (χ0v) is 10.8. The molecule has 0 aliphatic carbocycles. The van der Waals surface area contributed by atoms with Crippen LogP contribution in [0.2, 0.25) is 0 Å². The summed E-state index contributed by atoms with van der Waals surface area (Å²) >= 11 is 0. The molecule has 1 N–H and O–H groups in total. The standard InChI is InChI=1S/C12H24N2O/c1-8(2)7-11(15)13-14-12(9(3)4)10(5)6/h8-10H,7H2,1-6H3,(H,13,15). The second-order valence-corrected chi connectivity index (χ2v) is 4.98. The van der Waals surface area contributed by atoms with Crippen molar-refractivity contribution in [1.29, 1.82) is 0 Å². The molecule has 0 unspecified atom stereocenters. The lowest BCUT2D eigenvalue weighted by Crippen LogP contribution is -2.25. The van der Waals surface area contributed by atoms with Crippen LogP contribution in [0.4, 0.5) is 0 Å². The molecule has 0 aliphatic rings. The molecule has 0 aromatic rings. The number of carbonyl (C=O) groups is 1. The molecule has 0 saturated carbocycles. The molecule has 0 spiro atoms. The number of nitrogens with one attached hydrogen (secondary N) is 1. The second-order valence-electron chi connectivity index (χ2n) is 4.98. The Labute approximate surface area is 93.3 Å². The first-order valence-electron chi connectivity index (χ1n) is 5.70. The first-order valence-corrected chi connectivity index (χ1v) is 5.70. The van der Waals surface area contributed by atoms with E-state index >= 15 is 0 Å². The fraction of sp³-hybridized carbons (Fsp3) is 0.833. The molecule has 15 heavy (non-hydrogen) atoms. The fourth-order valence-electron chi connectivity index (χ4n) is 1.47. The molecule has 3 heteroatoms. The predicted molar refractivity (Wildman–Crippen MR) is 64.7 cm³/mol. The van der Waals surface area contributed by atoms with Gasteiger partial charge in [-0.3, -0.25) is 4.79 Å². The highest BCUT2D eigenvalue weighted by molar-refractivity contribution is 5.89. The van der Waals surface area contributed by atoms with Gasteiger partial charge in [0.25, 0.3) is 0 Å². The Hall–Kier alpha value is -0.860. The number of hydrogen-bond acceptors (Lipinski definition) is 2. The van der Waals surface area contributed by atoms with Crippen LogP contribution < -0.4 is 5.43 Å². The molecule has 0 aromatic carbocycles. The first-order chi connectivity index (χ1) is 6.84. The van der Waals surface area contributed by atoms with Gasteiger partial charge in [0.1, 0.15) is 0 Å². The molecule has 1 amide bonds. The molecule has 0 atom stereocenters. The third kappa shape index (κ3) is 6.26. The monoisotopic (exact) mass is 212 g/mol. The minimum Gasteiger partial charge on any atom is -0.273 e. The average molecular weight is 212 g/mol. The summed E-state index contributed by atoms with van der Waals surface area (Å²) in [4.78, 5) is 11.4. The quantitative estimate of drug-likeness (QED) is 0.552. The summed E-state index contributed by atoms with van der Waals surface area (Å²) in [6.45, 7) is 12.4. The smallest absolute Gasteiger partial charge is 0.240 e. The molecule has 0 fully saturated rings. The molecule has 0 bridgehead atoms. The minimum absolute atomic E-state index is 0.00352. The molecule has 0 aliphatic heterocycles. The minimum atomic E-state index is 0.00352. The van der Waals surface area contributed by atoms with Gasteiger partial charge in [-0.15, -0.1) is 0 Å². The molecule has 0 rings (SSSR count). The highest BCUT2D eigenvalue weighted by Crippen LogP contribution is 2.07. The van der Waals surface area contributed by atoms with E-state index in [4.69, 9.17) is 0 Å². The maximum Gasteiger partial charge on any atom is 0.240 e. The van der Waals surface area contributed by atoms with Gasteiger partial charge in [0.15, 0.2) is 0 Å². The van der Waals surface area contributed by atoms with Gasteiger partial charge < -0.3 is 0 Å². The molecule has 3 nitrogen and oxygen atoms in total. The van der Waals surface area contributed by atoms with Crippen LogP contribution in [-0.4, -0.2) is 11.6 Å². The van der Waals surface area contributed by atoms with Crippen molar-refractivity contribution >= 4 is 11.6 Å². The lowest BCUT2D eigenvalue weighted by molar-refractivity contribution is -0.121. The van der Waals surface area contributed by atoms with Crippen molar-refractivity contribution in [3.05, 3.63) is 0 Å². The van der Waals surface area contributed by atoms with Crippen molar-refractivity contribution in [2.45, 2.75) is 48.0 Å². The van der Waals surface area contributed by atoms with E-state index in [1.165, 1.54) is 0 Å². The average Bonchev–Trinajstić information content (AvgIpc) is 2.00. The van der Waals surface area contributed by atoms with Crippen LogP contribution in [0.5, 0.6) is 0 Å². The van der Waals surface area contributed by atoms with E-state index in [0.29, 0.717) is 24.2 Å². The van der Waals surface area contributed by atoms with Gasteiger partial charge in [-0.2, -0.15) is 5.10 Å². The van der Waals surface area contributed by atoms with Gasteiger partial charge in [0.2, 0.25) is 5.91 Å². The summed E-state index contributed by atoms with van der Waals surface area (Å²) in [5.41, 5.74) is 3.67. The van der Waals surface area contributed by atoms with Gasteiger partial charge in [0, 0.05) is 12.1 Å². The van der Waals surface area contributed by atoms with Crippen molar-refractivity contribution in [2.24, 2.45) is 22.9 Å². The summed E-state index contributed by atoms with van der Waals surface area (Å²) in [7, 11) is 0. The summed E-state index contributed by atoms with van der Waals surface area (Å²) in [6, 6.07) is 0. The zero-order chi connectivity index (χ0) is 12.0. The Morgan fingerprint density at radius 2 is 1.53 bits per heavy atom. The van der Waals surface area contributed by atoms with Gasteiger partial charge >= 0.3 is 0 Å². The van der Waals surface area contributed by atoms with Gasteiger partial charge in [-0.05, 0) is 17.8 Å². The summed E-state index contributed by atoms with van der Waals surface area (Å²) < 4.78 is 0. The Kier molecular flexibility index (Phi) is 6.21. The Morgan fingerprint density at radius 1 is 1.07 bits per heavy atom. The molecule has 0 radical (unpaired) electrons. The third-order valence-corrected chi connectivity index (χ3v) is 2.09. The van der Waals surface area contributed by atoms with Crippen molar-refractivity contribution < 1.29 is 4.79 Å². The molecule has 0 aromatic heterocycles. The Bertz CT molecular complexity index is 220.